The Morgan fingerprint density at radius 3 is 2.33 bits per heavy atom. The van der Waals surface area contributed by atoms with E-state index in [9.17, 15) is 9.90 Å². The summed E-state index contributed by atoms with van der Waals surface area (Å²) in [5.41, 5.74) is 3.93. The molecule has 0 radical (unpaired) electrons. The molecule has 4 heteroatoms. The van der Waals surface area contributed by atoms with Gasteiger partial charge < -0.3 is 9.84 Å². The lowest BCUT2D eigenvalue weighted by molar-refractivity contribution is -0.0398. The lowest BCUT2D eigenvalue weighted by atomic mass is 9.72. The van der Waals surface area contributed by atoms with Crippen LogP contribution in [-0.4, -0.2) is 11.2 Å². The highest BCUT2D eigenvalue weighted by molar-refractivity contribution is 5.85. The molecule has 1 aliphatic rings. The summed E-state index contributed by atoms with van der Waals surface area (Å²) in [5, 5.41) is 13.4. The van der Waals surface area contributed by atoms with E-state index in [4.69, 9.17) is 4.74 Å². The average molecular weight is 325 g/mol. The van der Waals surface area contributed by atoms with E-state index in [1.807, 2.05) is 56.3 Å². The van der Waals surface area contributed by atoms with Crippen LogP contribution in [0.25, 0.3) is 0 Å². The quantitative estimate of drug-likeness (QED) is 0.874. The topological polar surface area (TPSA) is 58.6 Å². The maximum atomic E-state index is 12.0. The Morgan fingerprint density at radius 2 is 1.79 bits per heavy atom. The number of carbonyl (C=O) groups is 1. The molecule has 1 fully saturated rings. The van der Waals surface area contributed by atoms with Crippen molar-refractivity contribution in [3.05, 3.63) is 64.7 Å². The Morgan fingerprint density at radius 1 is 1.17 bits per heavy atom. The van der Waals surface area contributed by atoms with Crippen LogP contribution >= 0.6 is 0 Å². The van der Waals surface area contributed by atoms with Crippen molar-refractivity contribution in [3.63, 3.8) is 0 Å². The molecule has 2 aromatic rings. The fourth-order valence-electron chi connectivity index (χ4n) is 3.41. The molecule has 24 heavy (non-hydrogen) atoms. The number of hydrogen-bond acceptors (Lipinski definition) is 3. The number of anilines is 1. The van der Waals surface area contributed by atoms with E-state index in [2.05, 4.69) is 5.32 Å². The first-order valence-corrected chi connectivity index (χ1v) is 8.30. The Kier molecular flexibility index (Phi) is 4.58. The van der Waals surface area contributed by atoms with Crippen LogP contribution < -0.4 is 5.32 Å². The highest BCUT2D eigenvalue weighted by Gasteiger charge is 2.38. The van der Waals surface area contributed by atoms with Crippen molar-refractivity contribution < 1.29 is 14.6 Å². The van der Waals surface area contributed by atoms with Crippen molar-refractivity contribution >= 4 is 11.8 Å². The molecular weight excluding hydrogens is 302 g/mol. The smallest absolute Gasteiger partial charge is 0.411 e. The van der Waals surface area contributed by atoms with E-state index in [-0.39, 0.29) is 6.61 Å². The molecular formula is C20H23NO3. The van der Waals surface area contributed by atoms with Gasteiger partial charge in [-0.1, -0.05) is 30.3 Å². The summed E-state index contributed by atoms with van der Waals surface area (Å²) in [6.45, 7) is 4.18. The highest BCUT2D eigenvalue weighted by Crippen LogP contribution is 2.44. The van der Waals surface area contributed by atoms with Gasteiger partial charge in [0.25, 0.3) is 0 Å². The summed E-state index contributed by atoms with van der Waals surface area (Å²) in [7, 11) is 0. The molecule has 2 N–H and O–H groups in total. The number of aryl methyl sites for hydroxylation is 2. The van der Waals surface area contributed by atoms with Gasteiger partial charge in [0.1, 0.15) is 6.61 Å². The molecule has 0 atom stereocenters. The van der Waals surface area contributed by atoms with Crippen molar-refractivity contribution in [2.45, 2.75) is 45.3 Å². The molecule has 1 amide bonds. The van der Waals surface area contributed by atoms with E-state index in [0.717, 1.165) is 41.5 Å². The van der Waals surface area contributed by atoms with Gasteiger partial charge in [-0.05, 0) is 67.5 Å². The van der Waals surface area contributed by atoms with Crippen LogP contribution in [-0.2, 0) is 16.9 Å². The van der Waals surface area contributed by atoms with Crippen LogP contribution in [0.5, 0.6) is 0 Å². The Balaban J connectivity index is 1.66. The fourth-order valence-corrected chi connectivity index (χ4v) is 3.41. The molecule has 1 saturated carbocycles. The normalized spacial score (nSPS) is 15.5. The van der Waals surface area contributed by atoms with Gasteiger partial charge in [0.2, 0.25) is 0 Å². The molecule has 0 unspecified atom stereocenters. The van der Waals surface area contributed by atoms with Crippen LogP contribution in [0.15, 0.2) is 42.5 Å². The molecule has 126 valence electrons. The van der Waals surface area contributed by atoms with Crippen LogP contribution in [0, 0.1) is 13.8 Å². The highest BCUT2D eigenvalue weighted by atomic mass is 16.5. The second kappa shape index (κ2) is 6.65. The third-order valence-corrected chi connectivity index (χ3v) is 4.64. The molecule has 4 nitrogen and oxygen atoms in total. The first-order chi connectivity index (χ1) is 11.5. The van der Waals surface area contributed by atoms with E-state index >= 15 is 0 Å². The van der Waals surface area contributed by atoms with Gasteiger partial charge in [-0.3, -0.25) is 5.32 Å². The summed E-state index contributed by atoms with van der Waals surface area (Å²) in [6, 6.07) is 13.4. The molecule has 0 saturated heterocycles. The van der Waals surface area contributed by atoms with Crippen LogP contribution in [0.3, 0.4) is 0 Å². The van der Waals surface area contributed by atoms with Gasteiger partial charge in [-0.2, -0.15) is 0 Å². The number of amides is 1. The largest absolute Gasteiger partial charge is 0.444 e. The van der Waals surface area contributed by atoms with Gasteiger partial charge in [0.15, 0.2) is 0 Å². The Labute approximate surface area is 142 Å². The lowest BCUT2D eigenvalue weighted by Gasteiger charge is -2.39. The zero-order chi connectivity index (χ0) is 17.2. The summed E-state index contributed by atoms with van der Waals surface area (Å²) in [6.07, 6.45) is 2.19. The van der Waals surface area contributed by atoms with Gasteiger partial charge in [-0.25, -0.2) is 4.79 Å². The average Bonchev–Trinajstić information content (AvgIpc) is 2.51. The second-order valence-electron chi connectivity index (χ2n) is 6.56. The van der Waals surface area contributed by atoms with Crippen molar-refractivity contribution in [2.24, 2.45) is 0 Å². The second-order valence-corrected chi connectivity index (χ2v) is 6.56. The number of nitrogens with one attached hydrogen (secondary N) is 1. The molecule has 0 spiro atoms. The summed E-state index contributed by atoms with van der Waals surface area (Å²) in [4.78, 5) is 12.0. The summed E-state index contributed by atoms with van der Waals surface area (Å²) >= 11 is 0. The number of benzene rings is 2. The zero-order valence-electron chi connectivity index (χ0n) is 14.1. The molecule has 0 heterocycles. The number of rotatable bonds is 4. The minimum atomic E-state index is -0.694. The van der Waals surface area contributed by atoms with Crippen molar-refractivity contribution in [3.8, 4) is 0 Å². The van der Waals surface area contributed by atoms with Crippen LogP contribution in [0.1, 0.15) is 41.5 Å². The number of carbonyl (C=O) groups excluding carboxylic acids is 1. The first-order valence-electron chi connectivity index (χ1n) is 8.30. The Hall–Kier alpha value is -2.33. The third kappa shape index (κ3) is 3.44. The molecule has 3 rings (SSSR count). The van der Waals surface area contributed by atoms with Crippen LogP contribution in [0.4, 0.5) is 10.5 Å². The fraction of sp³-hybridized carbons (Fsp3) is 0.350. The predicted octanol–water partition coefficient (Wildman–Crippen LogP) is 4.42. The standard InChI is InChI=1S/C20H23NO3/c1-14-11-17(12-15(2)18(14)20(23)9-6-10-20)21-19(22)24-13-16-7-4-3-5-8-16/h3-5,7-8,11-12,23H,6,9-10,13H2,1-2H3,(H,21,22). The maximum Gasteiger partial charge on any atom is 0.411 e. The summed E-state index contributed by atoms with van der Waals surface area (Å²) < 4.78 is 5.24. The third-order valence-electron chi connectivity index (χ3n) is 4.64. The SMILES string of the molecule is Cc1cc(NC(=O)OCc2ccccc2)cc(C)c1C1(O)CCC1. The molecule has 0 aliphatic heterocycles. The maximum absolute atomic E-state index is 12.0. The van der Waals surface area contributed by atoms with Gasteiger partial charge in [-0.15, -0.1) is 0 Å². The van der Waals surface area contributed by atoms with Gasteiger partial charge in [0.05, 0.1) is 5.60 Å². The first kappa shape index (κ1) is 16.5. The van der Waals surface area contributed by atoms with Crippen molar-refractivity contribution in [1.29, 1.82) is 0 Å². The Bertz CT molecular complexity index is 713. The minimum absolute atomic E-state index is 0.239. The molecule has 0 aromatic heterocycles. The molecule has 1 aliphatic carbocycles. The number of hydrogen-bond donors (Lipinski definition) is 2. The monoisotopic (exact) mass is 325 g/mol. The molecule has 0 bridgehead atoms. The van der Waals surface area contributed by atoms with E-state index in [1.54, 1.807) is 0 Å². The van der Waals surface area contributed by atoms with Crippen molar-refractivity contribution in [1.82, 2.24) is 0 Å². The van der Waals surface area contributed by atoms with E-state index in [0.29, 0.717) is 5.69 Å². The van der Waals surface area contributed by atoms with E-state index in [1.165, 1.54) is 0 Å². The number of aliphatic hydroxyl groups is 1. The summed E-state index contributed by atoms with van der Waals surface area (Å²) in [5.74, 6) is 0. The molecule has 2 aromatic carbocycles. The minimum Gasteiger partial charge on any atom is -0.444 e. The lowest BCUT2D eigenvalue weighted by Crippen LogP contribution is -2.35. The van der Waals surface area contributed by atoms with Gasteiger partial charge >= 0.3 is 6.09 Å². The number of ether oxygens (including phenoxy) is 1. The predicted molar refractivity (Wildman–Crippen MR) is 93.9 cm³/mol. The zero-order valence-corrected chi connectivity index (χ0v) is 14.1. The van der Waals surface area contributed by atoms with Gasteiger partial charge in [0, 0.05) is 5.69 Å². The van der Waals surface area contributed by atoms with Crippen LogP contribution in [0.2, 0.25) is 0 Å². The van der Waals surface area contributed by atoms with Crippen molar-refractivity contribution in [2.75, 3.05) is 5.32 Å². The van der Waals surface area contributed by atoms with E-state index < -0.39 is 11.7 Å².